The molecular weight excluding hydrogens is 392 g/mol. The summed E-state index contributed by atoms with van der Waals surface area (Å²) in [5.74, 6) is -0.496. The van der Waals surface area contributed by atoms with E-state index in [9.17, 15) is 18.0 Å². The molecule has 2 aromatic carbocycles. The zero-order valence-corrected chi connectivity index (χ0v) is 17.3. The molecule has 2 aromatic rings. The van der Waals surface area contributed by atoms with Gasteiger partial charge in [-0.15, -0.1) is 0 Å². The highest BCUT2D eigenvalue weighted by Crippen LogP contribution is 2.34. The first-order valence-electron chi connectivity index (χ1n) is 9.51. The standard InChI is InChI=1S/C21H24N2O5S/c1-3-4-5-15-6-8-16(9-7-15)22-29(26,27)17-10-11-19(28-2)18(14-17)23-20(24)12-13-21(23)25/h6-11,14,22H,3-5,12-13H2,1-2H3. The van der Waals surface area contributed by atoms with Crippen molar-refractivity contribution in [2.45, 2.75) is 43.9 Å². The minimum absolute atomic E-state index is 0.0594. The van der Waals surface area contributed by atoms with Crippen LogP contribution >= 0.6 is 0 Å². The largest absolute Gasteiger partial charge is 0.495 e. The molecule has 1 N–H and O–H groups in total. The third-order valence-corrected chi connectivity index (χ3v) is 6.16. The second-order valence-electron chi connectivity index (χ2n) is 6.86. The van der Waals surface area contributed by atoms with Crippen LogP contribution in [-0.4, -0.2) is 27.3 Å². The Morgan fingerprint density at radius 3 is 2.28 bits per heavy atom. The number of nitrogens with one attached hydrogen (secondary N) is 1. The zero-order chi connectivity index (χ0) is 21.0. The maximum absolute atomic E-state index is 12.8. The van der Waals surface area contributed by atoms with Crippen molar-refractivity contribution >= 4 is 33.2 Å². The lowest BCUT2D eigenvalue weighted by molar-refractivity contribution is -0.121. The molecule has 0 bridgehead atoms. The molecule has 0 radical (unpaired) electrons. The van der Waals surface area contributed by atoms with Gasteiger partial charge in [0.25, 0.3) is 10.0 Å². The number of benzene rings is 2. The summed E-state index contributed by atoms with van der Waals surface area (Å²) in [5.41, 5.74) is 1.72. The fourth-order valence-corrected chi connectivity index (χ4v) is 4.27. The first-order chi connectivity index (χ1) is 13.9. The van der Waals surface area contributed by atoms with Crippen LogP contribution in [0.1, 0.15) is 38.2 Å². The SMILES string of the molecule is CCCCc1ccc(NS(=O)(=O)c2ccc(OC)c(N3C(=O)CCC3=O)c2)cc1. The number of imide groups is 1. The van der Waals surface area contributed by atoms with Crippen LogP contribution in [0.15, 0.2) is 47.4 Å². The lowest BCUT2D eigenvalue weighted by atomic mass is 10.1. The van der Waals surface area contributed by atoms with Gasteiger partial charge in [0.2, 0.25) is 11.8 Å². The van der Waals surface area contributed by atoms with Crippen LogP contribution < -0.4 is 14.4 Å². The van der Waals surface area contributed by atoms with E-state index in [-0.39, 0.29) is 41.0 Å². The van der Waals surface area contributed by atoms with Crippen molar-refractivity contribution < 1.29 is 22.7 Å². The minimum atomic E-state index is -3.91. The molecule has 0 saturated carbocycles. The number of hydrogen-bond acceptors (Lipinski definition) is 5. The highest BCUT2D eigenvalue weighted by Gasteiger charge is 2.33. The van der Waals surface area contributed by atoms with Gasteiger partial charge in [-0.2, -0.15) is 0 Å². The summed E-state index contributed by atoms with van der Waals surface area (Å²) in [7, 11) is -2.51. The molecule has 2 amide bonds. The van der Waals surface area contributed by atoms with E-state index in [0.717, 1.165) is 29.7 Å². The summed E-state index contributed by atoms with van der Waals surface area (Å²) in [6.07, 6.45) is 3.32. The second-order valence-corrected chi connectivity index (χ2v) is 8.54. The van der Waals surface area contributed by atoms with E-state index < -0.39 is 10.0 Å². The Balaban J connectivity index is 1.88. The number of carbonyl (C=O) groups excluding carboxylic acids is 2. The summed E-state index contributed by atoms with van der Waals surface area (Å²) in [6, 6.07) is 11.4. The van der Waals surface area contributed by atoms with Crippen LogP contribution in [-0.2, 0) is 26.0 Å². The molecule has 0 spiro atoms. The number of anilines is 2. The van der Waals surface area contributed by atoms with Gasteiger partial charge in [0.15, 0.2) is 0 Å². The van der Waals surface area contributed by atoms with E-state index in [0.29, 0.717) is 5.69 Å². The fourth-order valence-electron chi connectivity index (χ4n) is 3.19. The minimum Gasteiger partial charge on any atom is -0.495 e. The number of methoxy groups -OCH3 is 1. The van der Waals surface area contributed by atoms with Gasteiger partial charge in [0.1, 0.15) is 5.75 Å². The van der Waals surface area contributed by atoms with Gasteiger partial charge < -0.3 is 4.74 Å². The van der Waals surface area contributed by atoms with Gasteiger partial charge in [0, 0.05) is 18.5 Å². The van der Waals surface area contributed by atoms with Crippen molar-refractivity contribution in [3.05, 3.63) is 48.0 Å². The Morgan fingerprint density at radius 2 is 1.69 bits per heavy atom. The van der Waals surface area contributed by atoms with Gasteiger partial charge in [-0.1, -0.05) is 25.5 Å². The fraction of sp³-hybridized carbons (Fsp3) is 0.333. The molecule has 7 nitrogen and oxygen atoms in total. The molecule has 0 atom stereocenters. The van der Waals surface area contributed by atoms with E-state index in [2.05, 4.69) is 11.6 Å². The first kappa shape index (κ1) is 20.9. The van der Waals surface area contributed by atoms with E-state index >= 15 is 0 Å². The number of hydrogen-bond donors (Lipinski definition) is 1. The average Bonchev–Trinajstić information content (AvgIpc) is 3.04. The van der Waals surface area contributed by atoms with Gasteiger partial charge in [-0.3, -0.25) is 14.3 Å². The first-order valence-corrected chi connectivity index (χ1v) is 11.0. The molecule has 154 valence electrons. The lowest BCUT2D eigenvalue weighted by Gasteiger charge is -2.18. The number of unbranched alkanes of at least 4 members (excludes halogenated alkanes) is 1. The van der Waals surface area contributed by atoms with Crippen LogP contribution in [0.2, 0.25) is 0 Å². The third kappa shape index (κ3) is 4.59. The van der Waals surface area contributed by atoms with Crippen LogP contribution in [0.3, 0.4) is 0 Å². The predicted octanol–water partition coefficient (Wildman–Crippen LogP) is 3.49. The number of aryl methyl sites for hydroxylation is 1. The second kappa shape index (κ2) is 8.65. The van der Waals surface area contributed by atoms with Crippen molar-refractivity contribution in [1.29, 1.82) is 0 Å². The topological polar surface area (TPSA) is 92.8 Å². The number of nitrogens with zero attached hydrogens (tertiary/aromatic N) is 1. The third-order valence-electron chi connectivity index (χ3n) is 4.78. The Labute approximate surface area is 170 Å². The molecule has 3 rings (SSSR count). The Morgan fingerprint density at radius 1 is 1.03 bits per heavy atom. The normalized spacial score (nSPS) is 14.3. The van der Waals surface area contributed by atoms with Crippen LogP contribution in [0.5, 0.6) is 5.75 Å². The van der Waals surface area contributed by atoms with Crippen molar-refractivity contribution in [3.8, 4) is 5.75 Å². The van der Waals surface area contributed by atoms with Crippen molar-refractivity contribution in [2.75, 3.05) is 16.7 Å². The van der Waals surface area contributed by atoms with Gasteiger partial charge in [-0.25, -0.2) is 13.3 Å². The van der Waals surface area contributed by atoms with Gasteiger partial charge >= 0.3 is 0 Å². The Kier molecular flexibility index (Phi) is 6.22. The number of rotatable bonds is 8. The van der Waals surface area contributed by atoms with Crippen molar-refractivity contribution in [1.82, 2.24) is 0 Å². The summed E-state index contributed by atoms with van der Waals surface area (Å²) in [6.45, 7) is 2.12. The van der Waals surface area contributed by atoms with Crippen LogP contribution in [0.4, 0.5) is 11.4 Å². The molecule has 1 fully saturated rings. The number of ether oxygens (including phenoxy) is 1. The molecule has 1 saturated heterocycles. The molecule has 29 heavy (non-hydrogen) atoms. The maximum Gasteiger partial charge on any atom is 0.261 e. The Hall–Kier alpha value is -2.87. The predicted molar refractivity (Wildman–Crippen MR) is 111 cm³/mol. The summed E-state index contributed by atoms with van der Waals surface area (Å²) >= 11 is 0. The molecule has 0 aromatic heterocycles. The number of amides is 2. The summed E-state index contributed by atoms with van der Waals surface area (Å²) < 4.78 is 33.5. The molecule has 1 heterocycles. The average molecular weight is 416 g/mol. The van der Waals surface area contributed by atoms with E-state index in [1.54, 1.807) is 12.1 Å². The van der Waals surface area contributed by atoms with Crippen molar-refractivity contribution in [2.24, 2.45) is 0 Å². The highest BCUT2D eigenvalue weighted by atomic mass is 32.2. The van der Waals surface area contributed by atoms with Crippen molar-refractivity contribution in [3.63, 3.8) is 0 Å². The number of sulfonamides is 1. The van der Waals surface area contributed by atoms with E-state index in [1.165, 1.54) is 25.3 Å². The van der Waals surface area contributed by atoms with E-state index in [4.69, 9.17) is 4.74 Å². The molecule has 0 aliphatic carbocycles. The molecule has 8 heteroatoms. The molecule has 1 aliphatic rings. The summed E-state index contributed by atoms with van der Waals surface area (Å²) in [4.78, 5) is 25.1. The maximum atomic E-state index is 12.8. The quantitative estimate of drug-likeness (QED) is 0.665. The van der Waals surface area contributed by atoms with Crippen LogP contribution in [0, 0.1) is 0 Å². The molecule has 1 aliphatic heterocycles. The van der Waals surface area contributed by atoms with Gasteiger partial charge in [-0.05, 0) is 48.7 Å². The number of carbonyl (C=O) groups is 2. The van der Waals surface area contributed by atoms with Gasteiger partial charge in [0.05, 0.1) is 17.7 Å². The zero-order valence-electron chi connectivity index (χ0n) is 16.5. The molecular formula is C21H24N2O5S. The smallest absolute Gasteiger partial charge is 0.261 e. The monoisotopic (exact) mass is 416 g/mol. The van der Waals surface area contributed by atoms with Crippen LogP contribution in [0.25, 0.3) is 0 Å². The highest BCUT2D eigenvalue weighted by molar-refractivity contribution is 7.92. The molecule has 0 unspecified atom stereocenters. The lowest BCUT2D eigenvalue weighted by Crippen LogP contribution is -2.29. The van der Waals surface area contributed by atoms with E-state index in [1.807, 2.05) is 12.1 Å². The summed E-state index contributed by atoms with van der Waals surface area (Å²) in [5, 5.41) is 0. The Bertz CT molecular complexity index is 1000.